The van der Waals surface area contributed by atoms with E-state index in [9.17, 15) is 0 Å². The molecule has 0 saturated heterocycles. The van der Waals surface area contributed by atoms with E-state index in [0.29, 0.717) is 11.0 Å². The molecule has 0 heterocycles. The lowest BCUT2D eigenvalue weighted by atomic mass is 9.89. The minimum absolute atomic E-state index is 0.588. The fraction of sp³-hybridized carbons (Fsp3) is 0.778. The molecule has 0 spiro atoms. The molecule has 0 aliphatic heterocycles. The Balaban J connectivity index is 2.43. The number of nitrogens with zero attached hydrogens (tertiary/aromatic N) is 1. The molecule has 3 nitrogen and oxygen atoms in total. The first kappa shape index (κ1) is 10.4. The molecule has 0 amide bonds. The smallest absolute Gasteiger partial charge is 0.186 e. The van der Waals surface area contributed by atoms with Crippen LogP contribution in [-0.2, 0) is 0 Å². The van der Waals surface area contributed by atoms with Crippen LogP contribution in [0.15, 0.2) is 5.10 Å². The van der Waals surface area contributed by atoms with Gasteiger partial charge in [-0.15, -0.1) is 0 Å². The minimum Gasteiger partial charge on any atom is -0.364 e. The molecule has 1 saturated carbocycles. The summed E-state index contributed by atoms with van der Waals surface area (Å²) in [7, 11) is 1.79. The molecule has 1 atom stereocenters. The van der Waals surface area contributed by atoms with Crippen LogP contribution in [0.3, 0.4) is 0 Å². The lowest BCUT2D eigenvalue weighted by Gasteiger charge is -2.19. The topological polar surface area (TPSA) is 36.4 Å². The van der Waals surface area contributed by atoms with Crippen molar-refractivity contribution < 1.29 is 0 Å². The molecule has 4 heteroatoms. The average molecular weight is 199 g/mol. The molecule has 13 heavy (non-hydrogen) atoms. The van der Waals surface area contributed by atoms with Crippen molar-refractivity contribution in [1.82, 2.24) is 10.7 Å². The maximum absolute atomic E-state index is 4.93. The molecule has 0 aromatic carbocycles. The number of nitrogens with one attached hydrogen (secondary N) is 2. The third kappa shape index (κ3) is 3.30. The highest BCUT2D eigenvalue weighted by molar-refractivity contribution is 7.80. The number of hydrogen-bond donors (Lipinski definition) is 2. The molecular weight excluding hydrogens is 182 g/mol. The van der Waals surface area contributed by atoms with E-state index in [1.165, 1.54) is 25.0 Å². The monoisotopic (exact) mass is 199 g/mol. The zero-order valence-electron chi connectivity index (χ0n) is 8.26. The summed E-state index contributed by atoms with van der Waals surface area (Å²) in [5.74, 6) is 0.612. The molecule has 74 valence electrons. The quantitative estimate of drug-likeness (QED) is 0.498. The molecule has 0 radical (unpaired) electrons. The van der Waals surface area contributed by atoms with Gasteiger partial charge in [0, 0.05) is 12.8 Å². The van der Waals surface area contributed by atoms with Crippen LogP contribution in [0.4, 0.5) is 0 Å². The first-order valence-electron chi connectivity index (χ1n) is 4.78. The third-order valence-corrected chi connectivity index (χ3v) is 2.71. The van der Waals surface area contributed by atoms with Gasteiger partial charge in [-0.2, -0.15) is 5.10 Å². The van der Waals surface area contributed by atoms with E-state index in [1.807, 2.05) is 0 Å². The summed E-state index contributed by atoms with van der Waals surface area (Å²) >= 11 is 4.93. The van der Waals surface area contributed by atoms with Crippen LogP contribution < -0.4 is 10.7 Å². The predicted molar refractivity (Wildman–Crippen MR) is 59.9 cm³/mol. The molecule has 0 unspecified atom stereocenters. The number of hydrogen-bond acceptors (Lipinski definition) is 2. The second-order valence-corrected chi connectivity index (χ2v) is 3.85. The van der Waals surface area contributed by atoms with E-state index in [2.05, 4.69) is 22.8 Å². The van der Waals surface area contributed by atoms with Crippen molar-refractivity contribution in [3.8, 4) is 0 Å². The van der Waals surface area contributed by atoms with Crippen molar-refractivity contribution in [2.45, 2.75) is 32.6 Å². The van der Waals surface area contributed by atoms with Crippen LogP contribution in [0, 0.1) is 5.92 Å². The first-order chi connectivity index (χ1) is 6.24. The molecule has 1 fully saturated rings. The molecule has 1 aliphatic rings. The number of rotatable bonds is 1. The summed E-state index contributed by atoms with van der Waals surface area (Å²) in [6.45, 7) is 2.22. The van der Waals surface area contributed by atoms with Crippen LogP contribution in [0.5, 0.6) is 0 Å². The summed E-state index contributed by atoms with van der Waals surface area (Å²) < 4.78 is 0. The van der Waals surface area contributed by atoms with Crippen molar-refractivity contribution in [2.24, 2.45) is 11.0 Å². The van der Waals surface area contributed by atoms with E-state index in [-0.39, 0.29) is 0 Å². The van der Waals surface area contributed by atoms with Crippen molar-refractivity contribution in [1.29, 1.82) is 0 Å². The van der Waals surface area contributed by atoms with E-state index in [1.54, 1.807) is 7.05 Å². The Kier molecular flexibility index (Phi) is 4.15. The fourth-order valence-electron chi connectivity index (χ4n) is 1.51. The van der Waals surface area contributed by atoms with Gasteiger partial charge in [0.25, 0.3) is 0 Å². The van der Waals surface area contributed by atoms with E-state index in [0.717, 1.165) is 6.42 Å². The zero-order valence-corrected chi connectivity index (χ0v) is 9.08. The van der Waals surface area contributed by atoms with Crippen LogP contribution in [0.25, 0.3) is 0 Å². The summed E-state index contributed by atoms with van der Waals surface area (Å²) in [5.41, 5.74) is 4.09. The van der Waals surface area contributed by atoms with Gasteiger partial charge >= 0.3 is 0 Å². The highest BCUT2D eigenvalue weighted by Crippen LogP contribution is 2.20. The van der Waals surface area contributed by atoms with Crippen molar-refractivity contribution in [3.63, 3.8) is 0 Å². The molecule has 1 rings (SSSR count). The Morgan fingerprint density at radius 2 is 2.31 bits per heavy atom. The van der Waals surface area contributed by atoms with Crippen LogP contribution >= 0.6 is 12.2 Å². The third-order valence-electron chi connectivity index (χ3n) is 2.42. The average Bonchev–Trinajstić information content (AvgIpc) is 2.16. The summed E-state index contributed by atoms with van der Waals surface area (Å²) in [4.78, 5) is 0. The Morgan fingerprint density at radius 1 is 1.54 bits per heavy atom. The largest absolute Gasteiger partial charge is 0.364 e. The van der Waals surface area contributed by atoms with Gasteiger partial charge in [0.1, 0.15) is 0 Å². The molecule has 0 aromatic rings. The highest BCUT2D eigenvalue weighted by Gasteiger charge is 2.15. The Bertz CT molecular complexity index is 213. The standard InChI is InChI=1S/C9H17N3S/c1-7-5-3-4-6-8(7)11-12-9(13)10-2/h7H,3-6H2,1-2H3,(H2,10,12,13)/b11-8-/t7-/m0/s1. The van der Waals surface area contributed by atoms with Gasteiger partial charge in [-0.1, -0.05) is 13.3 Å². The molecule has 0 bridgehead atoms. The van der Waals surface area contributed by atoms with Crippen molar-refractivity contribution >= 4 is 23.0 Å². The zero-order chi connectivity index (χ0) is 9.68. The predicted octanol–water partition coefficient (Wildman–Crippen LogP) is 1.65. The summed E-state index contributed by atoms with van der Waals surface area (Å²) in [6.07, 6.45) is 4.96. The van der Waals surface area contributed by atoms with Crippen molar-refractivity contribution in [3.05, 3.63) is 0 Å². The Labute approximate surface area is 85.0 Å². The van der Waals surface area contributed by atoms with Gasteiger partial charge in [-0.05, 0) is 37.4 Å². The van der Waals surface area contributed by atoms with Gasteiger partial charge in [0.2, 0.25) is 0 Å². The van der Waals surface area contributed by atoms with Crippen LogP contribution in [0.1, 0.15) is 32.6 Å². The lowest BCUT2D eigenvalue weighted by molar-refractivity contribution is 0.555. The van der Waals surface area contributed by atoms with Gasteiger partial charge in [-0.25, -0.2) is 0 Å². The van der Waals surface area contributed by atoms with Crippen molar-refractivity contribution in [2.75, 3.05) is 7.05 Å². The maximum atomic E-state index is 4.93. The number of thiocarbonyl (C=S) groups is 1. The van der Waals surface area contributed by atoms with Gasteiger partial charge in [0.05, 0.1) is 0 Å². The van der Waals surface area contributed by atoms with Gasteiger partial charge in [0.15, 0.2) is 5.11 Å². The normalized spacial score (nSPS) is 25.7. The van der Waals surface area contributed by atoms with Gasteiger partial charge in [-0.3, -0.25) is 5.43 Å². The Morgan fingerprint density at radius 3 is 2.92 bits per heavy atom. The van der Waals surface area contributed by atoms with E-state index < -0.39 is 0 Å². The van der Waals surface area contributed by atoms with E-state index in [4.69, 9.17) is 12.2 Å². The van der Waals surface area contributed by atoms with Crippen LogP contribution in [0.2, 0.25) is 0 Å². The maximum Gasteiger partial charge on any atom is 0.186 e. The van der Waals surface area contributed by atoms with E-state index >= 15 is 0 Å². The second kappa shape index (κ2) is 5.17. The Hall–Kier alpha value is -0.640. The van der Waals surface area contributed by atoms with Gasteiger partial charge < -0.3 is 5.32 Å². The summed E-state index contributed by atoms with van der Waals surface area (Å²) in [6, 6.07) is 0. The molecule has 1 aliphatic carbocycles. The second-order valence-electron chi connectivity index (χ2n) is 3.44. The van der Waals surface area contributed by atoms with Crippen LogP contribution in [-0.4, -0.2) is 17.9 Å². The fourth-order valence-corrected chi connectivity index (χ4v) is 1.56. The summed E-state index contributed by atoms with van der Waals surface area (Å²) in [5, 5.41) is 7.72. The minimum atomic E-state index is 0.588. The SMILES string of the molecule is CNC(=S)N/N=C1/CCCC[C@@H]1C. The molecule has 2 N–H and O–H groups in total. The molecular formula is C9H17N3S. The lowest BCUT2D eigenvalue weighted by Crippen LogP contribution is -2.30. The molecule has 0 aromatic heterocycles. The highest BCUT2D eigenvalue weighted by atomic mass is 32.1. The number of hydrazone groups is 1. The first-order valence-corrected chi connectivity index (χ1v) is 5.19.